The van der Waals surface area contributed by atoms with Gasteiger partial charge in [-0.25, -0.2) is 4.98 Å². The molecule has 0 bridgehead atoms. The number of hydrogen-bond donors (Lipinski definition) is 1. The van der Waals surface area contributed by atoms with Crippen LogP contribution < -0.4 is 10.5 Å². The van der Waals surface area contributed by atoms with Crippen molar-refractivity contribution in [1.29, 1.82) is 0 Å². The zero-order valence-electron chi connectivity index (χ0n) is 15.6. The Morgan fingerprint density at radius 1 is 1.28 bits per heavy atom. The van der Waals surface area contributed by atoms with Crippen molar-refractivity contribution < 1.29 is 4.74 Å². The molecule has 5 nitrogen and oxygen atoms in total. The maximum Gasteiger partial charge on any atom is 0.140 e. The van der Waals surface area contributed by atoms with E-state index in [0.29, 0.717) is 12.1 Å². The van der Waals surface area contributed by atoms with E-state index in [0.717, 1.165) is 56.0 Å². The fourth-order valence-corrected chi connectivity index (χ4v) is 3.80. The van der Waals surface area contributed by atoms with Crippen molar-refractivity contribution in [3.05, 3.63) is 36.2 Å². The van der Waals surface area contributed by atoms with Crippen LogP contribution in [-0.4, -0.2) is 40.7 Å². The van der Waals surface area contributed by atoms with Crippen molar-refractivity contribution in [2.45, 2.75) is 51.7 Å². The summed E-state index contributed by atoms with van der Waals surface area (Å²) in [6.07, 6.45) is 7.25. The van der Waals surface area contributed by atoms with E-state index in [4.69, 9.17) is 10.5 Å². The quantitative estimate of drug-likeness (QED) is 0.837. The third-order valence-corrected chi connectivity index (χ3v) is 5.33. The highest BCUT2D eigenvalue weighted by atomic mass is 16.5. The Balaban J connectivity index is 1.92. The van der Waals surface area contributed by atoms with Gasteiger partial charge >= 0.3 is 0 Å². The highest BCUT2D eigenvalue weighted by molar-refractivity contribution is 5.59. The number of ether oxygens (including phenoxy) is 1. The number of aromatic nitrogens is 2. The molecule has 0 saturated heterocycles. The summed E-state index contributed by atoms with van der Waals surface area (Å²) in [6, 6.07) is 7.17. The Labute approximate surface area is 150 Å². The van der Waals surface area contributed by atoms with Crippen LogP contribution in [0.25, 0.3) is 11.4 Å². The summed E-state index contributed by atoms with van der Waals surface area (Å²) in [7, 11) is 1.74. The topological polar surface area (TPSA) is 56.3 Å². The number of hydrogen-bond acceptors (Lipinski definition) is 4. The first-order chi connectivity index (χ1) is 12.2. The predicted molar refractivity (Wildman–Crippen MR) is 102 cm³/mol. The second kappa shape index (κ2) is 8.02. The van der Waals surface area contributed by atoms with E-state index >= 15 is 0 Å². The van der Waals surface area contributed by atoms with Crippen molar-refractivity contribution in [2.24, 2.45) is 5.73 Å². The normalized spacial score (nSPS) is 20.4. The molecule has 1 aliphatic rings. The van der Waals surface area contributed by atoms with Crippen molar-refractivity contribution in [3.63, 3.8) is 0 Å². The van der Waals surface area contributed by atoms with E-state index in [1.165, 1.54) is 5.56 Å². The predicted octanol–water partition coefficient (Wildman–Crippen LogP) is 3.45. The lowest BCUT2D eigenvalue weighted by Gasteiger charge is -2.21. The minimum absolute atomic E-state index is 0.314. The van der Waals surface area contributed by atoms with Crippen LogP contribution in [0.3, 0.4) is 0 Å². The van der Waals surface area contributed by atoms with Gasteiger partial charge in [0.25, 0.3) is 0 Å². The van der Waals surface area contributed by atoms with Gasteiger partial charge in [0.05, 0.1) is 7.11 Å². The lowest BCUT2D eigenvalue weighted by molar-refractivity contribution is 0.289. The second-order valence-corrected chi connectivity index (χ2v) is 6.87. The van der Waals surface area contributed by atoms with Crippen molar-refractivity contribution in [2.75, 3.05) is 20.2 Å². The van der Waals surface area contributed by atoms with Crippen LogP contribution in [0.1, 0.15) is 44.7 Å². The van der Waals surface area contributed by atoms with E-state index in [2.05, 4.69) is 52.7 Å². The average Bonchev–Trinajstić information content (AvgIpc) is 3.28. The number of nitrogens with two attached hydrogens (primary N) is 1. The summed E-state index contributed by atoms with van der Waals surface area (Å²) in [6.45, 7) is 7.32. The maximum atomic E-state index is 6.11. The summed E-state index contributed by atoms with van der Waals surface area (Å²) in [5.41, 5.74) is 8.47. The Kier molecular flexibility index (Phi) is 5.76. The van der Waals surface area contributed by atoms with Crippen LogP contribution in [-0.2, 0) is 6.54 Å². The van der Waals surface area contributed by atoms with Gasteiger partial charge in [-0.3, -0.25) is 4.90 Å². The lowest BCUT2D eigenvalue weighted by atomic mass is 10.1. The van der Waals surface area contributed by atoms with Crippen molar-refractivity contribution in [1.82, 2.24) is 14.5 Å². The highest BCUT2D eigenvalue weighted by Gasteiger charge is 2.25. The van der Waals surface area contributed by atoms with Crippen LogP contribution in [0.15, 0.2) is 30.6 Å². The molecule has 1 aliphatic carbocycles. The van der Waals surface area contributed by atoms with Gasteiger partial charge in [-0.05, 0) is 50.6 Å². The number of imidazole rings is 1. The zero-order chi connectivity index (χ0) is 17.8. The lowest BCUT2D eigenvalue weighted by Crippen LogP contribution is -2.22. The fourth-order valence-electron chi connectivity index (χ4n) is 3.80. The number of nitrogens with zero attached hydrogens (tertiary/aromatic N) is 3. The molecule has 3 rings (SSSR count). The van der Waals surface area contributed by atoms with Crippen molar-refractivity contribution in [3.8, 4) is 17.1 Å². The smallest absolute Gasteiger partial charge is 0.140 e. The molecule has 25 heavy (non-hydrogen) atoms. The van der Waals surface area contributed by atoms with Gasteiger partial charge in [0, 0.05) is 42.1 Å². The number of benzene rings is 1. The molecule has 1 heterocycles. The van der Waals surface area contributed by atoms with Crippen LogP contribution in [0.2, 0.25) is 0 Å². The summed E-state index contributed by atoms with van der Waals surface area (Å²) in [5.74, 6) is 1.97. The Morgan fingerprint density at radius 2 is 2.08 bits per heavy atom. The van der Waals surface area contributed by atoms with Crippen molar-refractivity contribution >= 4 is 0 Å². The largest absolute Gasteiger partial charge is 0.496 e. The summed E-state index contributed by atoms with van der Waals surface area (Å²) < 4.78 is 7.88. The highest BCUT2D eigenvalue weighted by Crippen LogP contribution is 2.34. The molecule has 2 atom stereocenters. The Bertz CT molecular complexity index is 693. The molecule has 2 aromatic rings. The first kappa shape index (κ1) is 18.0. The molecule has 136 valence electrons. The van der Waals surface area contributed by atoms with Crippen LogP contribution in [0.4, 0.5) is 0 Å². The first-order valence-corrected chi connectivity index (χ1v) is 9.34. The molecule has 0 radical (unpaired) electrons. The van der Waals surface area contributed by atoms with E-state index in [1.807, 2.05) is 6.20 Å². The molecule has 5 heteroatoms. The number of rotatable bonds is 7. The zero-order valence-corrected chi connectivity index (χ0v) is 15.6. The Morgan fingerprint density at radius 3 is 2.72 bits per heavy atom. The van der Waals surface area contributed by atoms with Gasteiger partial charge in [0.1, 0.15) is 11.6 Å². The van der Waals surface area contributed by atoms with E-state index in [1.54, 1.807) is 7.11 Å². The maximum absolute atomic E-state index is 6.11. The third kappa shape index (κ3) is 3.88. The van der Waals surface area contributed by atoms with Crippen LogP contribution in [0, 0.1) is 0 Å². The van der Waals surface area contributed by atoms with Crippen LogP contribution in [0.5, 0.6) is 5.75 Å². The van der Waals surface area contributed by atoms with Gasteiger partial charge < -0.3 is 15.0 Å². The third-order valence-electron chi connectivity index (χ3n) is 5.33. The van der Waals surface area contributed by atoms with Crippen LogP contribution >= 0.6 is 0 Å². The molecule has 0 aliphatic heterocycles. The second-order valence-electron chi connectivity index (χ2n) is 6.87. The monoisotopic (exact) mass is 342 g/mol. The van der Waals surface area contributed by atoms with E-state index in [-0.39, 0.29) is 0 Å². The first-order valence-electron chi connectivity index (χ1n) is 9.34. The molecule has 2 N–H and O–H groups in total. The van der Waals surface area contributed by atoms with Gasteiger partial charge in [-0.1, -0.05) is 13.8 Å². The summed E-state index contributed by atoms with van der Waals surface area (Å²) >= 11 is 0. The molecule has 0 spiro atoms. The minimum atomic E-state index is 0.314. The molecule has 0 amide bonds. The standard InChI is InChI=1S/C20H30N4O/c1-4-23(5-2)14-16-12-15(6-9-19(16)25-3)20-22-10-11-24(20)18-8-7-17(21)13-18/h6,9-12,17-18H,4-5,7-8,13-14,21H2,1-3H3/t17-,18+/m0/s1. The van der Waals surface area contributed by atoms with E-state index < -0.39 is 0 Å². The summed E-state index contributed by atoms with van der Waals surface area (Å²) in [4.78, 5) is 7.03. The molecule has 1 saturated carbocycles. The molecule has 1 aromatic heterocycles. The SMILES string of the molecule is CCN(CC)Cc1cc(-c2nccn2[C@@H]2CC[C@H](N)C2)ccc1OC. The van der Waals surface area contributed by atoms with E-state index in [9.17, 15) is 0 Å². The van der Waals surface area contributed by atoms with Gasteiger partial charge in [-0.2, -0.15) is 0 Å². The van der Waals surface area contributed by atoms with Gasteiger partial charge in [0.2, 0.25) is 0 Å². The fraction of sp³-hybridized carbons (Fsp3) is 0.550. The van der Waals surface area contributed by atoms with Gasteiger partial charge in [-0.15, -0.1) is 0 Å². The average molecular weight is 342 g/mol. The Hall–Kier alpha value is -1.85. The molecule has 1 aromatic carbocycles. The summed E-state index contributed by atoms with van der Waals surface area (Å²) in [5, 5.41) is 0. The minimum Gasteiger partial charge on any atom is -0.496 e. The molecular weight excluding hydrogens is 312 g/mol. The number of methoxy groups -OCH3 is 1. The molecular formula is C20H30N4O. The molecule has 0 unspecified atom stereocenters. The van der Waals surface area contributed by atoms with Gasteiger partial charge in [0.15, 0.2) is 0 Å². The molecule has 1 fully saturated rings.